The van der Waals surface area contributed by atoms with E-state index in [4.69, 9.17) is 4.74 Å². The van der Waals surface area contributed by atoms with Crippen molar-refractivity contribution in [3.63, 3.8) is 0 Å². The lowest BCUT2D eigenvalue weighted by molar-refractivity contribution is 0.218. The lowest BCUT2D eigenvalue weighted by Gasteiger charge is -2.03. The van der Waals surface area contributed by atoms with Crippen molar-refractivity contribution in [3.8, 4) is 0 Å². The fraction of sp³-hybridized carbons (Fsp3) is 1.00. The SMILES string of the molecule is CCCCCCCCCCCCCCCCSCCOC. The normalized spacial score (nSPS) is 11.1. The molecule has 128 valence electrons. The zero-order valence-corrected chi connectivity index (χ0v) is 15.7. The average molecular weight is 317 g/mol. The summed E-state index contributed by atoms with van der Waals surface area (Å²) in [6, 6.07) is 0. The van der Waals surface area contributed by atoms with Crippen molar-refractivity contribution in [1.82, 2.24) is 0 Å². The monoisotopic (exact) mass is 316 g/mol. The third kappa shape index (κ3) is 20.3. The van der Waals surface area contributed by atoms with Crippen molar-refractivity contribution >= 4 is 11.8 Å². The molecule has 0 aromatic heterocycles. The molecule has 0 aliphatic rings. The summed E-state index contributed by atoms with van der Waals surface area (Å²) in [5, 5.41) is 0. The molecule has 0 fully saturated rings. The van der Waals surface area contributed by atoms with Crippen LogP contribution in [0.2, 0.25) is 0 Å². The van der Waals surface area contributed by atoms with E-state index in [1.807, 2.05) is 11.8 Å². The number of unbranched alkanes of at least 4 members (excludes halogenated alkanes) is 13. The predicted octanol–water partition coefficient (Wildman–Crippen LogP) is 6.85. The Hall–Kier alpha value is 0.310. The van der Waals surface area contributed by atoms with Crippen LogP contribution in [0.4, 0.5) is 0 Å². The first kappa shape index (κ1) is 21.3. The molecule has 0 aliphatic carbocycles. The zero-order chi connectivity index (χ0) is 15.4. The van der Waals surface area contributed by atoms with Gasteiger partial charge in [-0.3, -0.25) is 0 Å². The Morgan fingerprint density at radius 1 is 0.571 bits per heavy atom. The summed E-state index contributed by atoms with van der Waals surface area (Å²) in [4.78, 5) is 0. The maximum absolute atomic E-state index is 5.05. The van der Waals surface area contributed by atoms with Crippen LogP contribution in [0.25, 0.3) is 0 Å². The number of rotatable bonds is 18. The van der Waals surface area contributed by atoms with Crippen LogP contribution in [0.5, 0.6) is 0 Å². The highest BCUT2D eigenvalue weighted by atomic mass is 32.2. The Labute approximate surface area is 139 Å². The molecule has 0 rings (SSSR count). The van der Waals surface area contributed by atoms with Gasteiger partial charge in [0.15, 0.2) is 0 Å². The predicted molar refractivity (Wildman–Crippen MR) is 99.5 cm³/mol. The van der Waals surface area contributed by atoms with E-state index >= 15 is 0 Å². The van der Waals surface area contributed by atoms with Crippen molar-refractivity contribution in [3.05, 3.63) is 0 Å². The third-order valence-corrected chi connectivity index (χ3v) is 5.11. The van der Waals surface area contributed by atoms with Gasteiger partial charge in [0.1, 0.15) is 0 Å². The minimum atomic E-state index is 0.906. The molecule has 0 spiro atoms. The summed E-state index contributed by atoms with van der Waals surface area (Å²) in [5.41, 5.74) is 0. The second-order valence-corrected chi connectivity index (χ2v) is 7.43. The number of thioether (sulfide) groups is 1. The van der Waals surface area contributed by atoms with Gasteiger partial charge in [-0.1, -0.05) is 90.4 Å². The average Bonchev–Trinajstić information content (AvgIpc) is 2.50. The van der Waals surface area contributed by atoms with Crippen LogP contribution in [-0.4, -0.2) is 25.2 Å². The quantitative estimate of drug-likeness (QED) is 0.256. The van der Waals surface area contributed by atoms with E-state index in [0.29, 0.717) is 0 Å². The number of methoxy groups -OCH3 is 1. The topological polar surface area (TPSA) is 9.23 Å². The van der Waals surface area contributed by atoms with Crippen molar-refractivity contribution in [1.29, 1.82) is 0 Å². The molecule has 0 bridgehead atoms. The van der Waals surface area contributed by atoms with Gasteiger partial charge in [-0.25, -0.2) is 0 Å². The molecule has 0 aromatic carbocycles. The first-order chi connectivity index (χ1) is 10.4. The Morgan fingerprint density at radius 2 is 1.00 bits per heavy atom. The highest BCUT2D eigenvalue weighted by Gasteiger charge is 1.94. The van der Waals surface area contributed by atoms with Crippen LogP contribution in [0, 0.1) is 0 Å². The molecule has 0 heterocycles. The summed E-state index contributed by atoms with van der Waals surface area (Å²) in [7, 11) is 1.78. The van der Waals surface area contributed by atoms with Crippen LogP contribution >= 0.6 is 11.8 Å². The van der Waals surface area contributed by atoms with E-state index in [2.05, 4.69) is 6.92 Å². The molecule has 0 aliphatic heterocycles. The lowest BCUT2D eigenvalue weighted by atomic mass is 10.0. The highest BCUT2D eigenvalue weighted by Crippen LogP contribution is 2.13. The fourth-order valence-electron chi connectivity index (χ4n) is 2.64. The molecule has 2 heteroatoms. The lowest BCUT2D eigenvalue weighted by Crippen LogP contribution is -1.92. The second-order valence-electron chi connectivity index (χ2n) is 6.20. The van der Waals surface area contributed by atoms with E-state index in [0.717, 1.165) is 12.4 Å². The van der Waals surface area contributed by atoms with Gasteiger partial charge in [-0.2, -0.15) is 11.8 Å². The Bertz CT molecular complexity index is 155. The van der Waals surface area contributed by atoms with E-state index in [-0.39, 0.29) is 0 Å². The molecule has 0 saturated heterocycles. The second kappa shape index (κ2) is 20.3. The minimum Gasteiger partial charge on any atom is -0.384 e. The van der Waals surface area contributed by atoms with Gasteiger partial charge in [0, 0.05) is 12.9 Å². The first-order valence-electron chi connectivity index (χ1n) is 9.48. The Balaban J connectivity index is 2.90. The molecule has 0 unspecified atom stereocenters. The van der Waals surface area contributed by atoms with Crippen LogP contribution in [0.15, 0.2) is 0 Å². The van der Waals surface area contributed by atoms with Crippen LogP contribution < -0.4 is 0 Å². The molecule has 1 nitrogen and oxygen atoms in total. The van der Waals surface area contributed by atoms with Gasteiger partial charge in [0.2, 0.25) is 0 Å². The maximum Gasteiger partial charge on any atom is 0.0552 e. The molecular formula is C19H40OS. The summed E-state index contributed by atoms with van der Waals surface area (Å²) < 4.78 is 5.05. The summed E-state index contributed by atoms with van der Waals surface area (Å²) in [6.07, 6.45) is 20.3. The zero-order valence-electron chi connectivity index (χ0n) is 14.8. The van der Waals surface area contributed by atoms with Gasteiger partial charge in [0.05, 0.1) is 6.61 Å². The maximum atomic E-state index is 5.05. The van der Waals surface area contributed by atoms with E-state index in [1.54, 1.807) is 7.11 Å². The highest BCUT2D eigenvalue weighted by molar-refractivity contribution is 7.99. The molecule has 0 amide bonds. The molecule has 0 atom stereocenters. The summed E-state index contributed by atoms with van der Waals surface area (Å²) in [5.74, 6) is 2.48. The van der Waals surface area contributed by atoms with Crippen molar-refractivity contribution < 1.29 is 4.74 Å². The molecule has 0 saturated carbocycles. The van der Waals surface area contributed by atoms with Gasteiger partial charge in [-0.15, -0.1) is 0 Å². The summed E-state index contributed by atoms with van der Waals surface area (Å²) in [6.45, 7) is 3.20. The Kier molecular flexibility index (Phi) is 20.6. The fourth-order valence-corrected chi connectivity index (χ4v) is 3.54. The van der Waals surface area contributed by atoms with E-state index < -0.39 is 0 Å². The van der Waals surface area contributed by atoms with E-state index in [1.165, 1.54) is 95.6 Å². The smallest absolute Gasteiger partial charge is 0.0552 e. The number of ether oxygens (including phenoxy) is 1. The summed E-state index contributed by atoms with van der Waals surface area (Å²) >= 11 is 2.04. The number of hydrogen-bond donors (Lipinski definition) is 0. The number of hydrogen-bond acceptors (Lipinski definition) is 2. The third-order valence-electron chi connectivity index (χ3n) is 4.07. The van der Waals surface area contributed by atoms with Gasteiger partial charge in [0.25, 0.3) is 0 Å². The first-order valence-corrected chi connectivity index (χ1v) is 10.6. The van der Waals surface area contributed by atoms with Crippen molar-refractivity contribution in [2.45, 2.75) is 96.8 Å². The Morgan fingerprint density at radius 3 is 1.43 bits per heavy atom. The molecule has 21 heavy (non-hydrogen) atoms. The van der Waals surface area contributed by atoms with E-state index in [9.17, 15) is 0 Å². The minimum absolute atomic E-state index is 0.906. The largest absolute Gasteiger partial charge is 0.384 e. The van der Waals surface area contributed by atoms with Crippen LogP contribution in [-0.2, 0) is 4.74 Å². The molecule has 0 aromatic rings. The molecule has 0 N–H and O–H groups in total. The standard InChI is InChI=1S/C19H40OS/c1-3-4-5-6-7-8-9-10-11-12-13-14-15-16-18-21-19-17-20-2/h3-19H2,1-2H3. The van der Waals surface area contributed by atoms with Crippen molar-refractivity contribution in [2.24, 2.45) is 0 Å². The van der Waals surface area contributed by atoms with Gasteiger partial charge in [-0.05, 0) is 12.2 Å². The molecule has 0 radical (unpaired) electrons. The van der Waals surface area contributed by atoms with Crippen LogP contribution in [0.3, 0.4) is 0 Å². The molecular weight excluding hydrogens is 276 g/mol. The van der Waals surface area contributed by atoms with Crippen LogP contribution in [0.1, 0.15) is 96.8 Å². The van der Waals surface area contributed by atoms with Gasteiger partial charge >= 0.3 is 0 Å². The van der Waals surface area contributed by atoms with Crippen molar-refractivity contribution in [2.75, 3.05) is 25.2 Å². The van der Waals surface area contributed by atoms with Gasteiger partial charge < -0.3 is 4.74 Å².